The minimum absolute atomic E-state index is 1.02. The third-order valence-corrected chi connectivity index (χ3v) is 1.42. The molecule has 1 radical (unpaired) electrons. The average molecular weight is 127 g/mol. The normalized spacial score (nSPS) is 9.62. The number of nitrogens with zero attached hydrogens (tertiary/aromatic N) is 2. The second-order valence-corrected chi connectivity index (χ2v) is 2.20. The van der Waals surface area contributed by atoms with Crippen molar-refractivity contribution in [3.8, 4) is 0 Å². The molecule has 0 unspecified atom stereocenters. The molecule has 1 heterocycles. The molecule has 0 saturated heterocycles. The van der Waals surface area contributed by atoms with Crippen molar-refractivity contribution < 1.29 is 0 Å². The smallest absolute Gasteiger partial charge is 0.129 e. The van der Waals surface area contributed by atoms with Gasteiger partial charge in [0.2, 0.25) is 0 Å². The van der Waals surface area contributed by atoms with E-state index in [1.807, 2.05) is 0 Å². The van der Waals surface area contributed by atoms with Crippen molar-refractivity contribution in [2.45, 2.75) is 13.3 Å². The van der Waals surface area contributed by atoms with E-state index in [1.165, 1.54) is 11.5 Å². The van der Waals surface area contributed by atoms with E-state index < -0.39 is 0 Å². The minimum Gasteiger partial charge on any atom is -0.228 e. The van der Waals surface area contributed by atoms with E-state index in [2.05, 4.69) is 22.7 Å². The number of rotatable bonds is 2. The number of hydrogen-bond acceptors (Lipinski definition) is 3. The Bertz CT molecular complexity index is 136. The average Bonchev–Trinajstić information content (AvgIpc) is 2.19. The molecule has 0 amide bonds. The van der Waals surface area contributed by atoms with E-state index in [0.717, 1.165) is 11.4 Å². The van der Waals surface area contributed by atoms with Crippen LogP contribution in [0.2, 0.25) is 0 Å². The molecule has 1 rings (SSSR count). The molecule has 0 spiro atoms. The van der Waals surface area contributed by atoms with Crippen molar-refractivity contribution in [1.82, 2.24) is 9.36 Å². The van der Waals surface area contributed by atoms with E-state index in [-0.39, 0.29) is 0 Å². The Kier molecular flexibility index (Phi) is 1.97. The van der Waals surface area contributed by atoms with Crippen LogP contribution in [0.1, 0.15) is 18.4 Å². The van der Waals surface area contributed by atoms with Crippen LogP contribution in [-0.4, -0.2) is 9.36 Å². The van der Waals surface area contributed by atoms with E-state index in [9.17, 15) is 0 Å². The summed E-state index contributed by atoms with van der Waals surface area (Å²) in [6.45, 7) is 2.08. The zero-order valence-electron chi connectivity index (χ0n) is 4.66. The molecule has 0 bridgehead atoms. The van der Waals surface area contributed by atoms with Gasteiger partial charge in [0.1, 0.15) is 11.3 Å². The summed E-state index contributed by atoms with van der Waals surface area (Å²) in [5.74, 6) is 0. The van der Waals surface area contributed by atoms with Crippen LogP contribution in [0.4, 0.5) is 0 Å². The second kappa shape index (κ2) is 2.77. The number of hydrogen-bond donors (Lipinski definition) is 0. The summed E-state index contributed by atoms with van der Waals surface area (Å²) in [6, 6.07) is 0. The first-order valence-corrected chi connectivity index (χ1v) is 3.30. The summed E-state index contributed by atoms with van der Waals surface area (Å²) in [4.78, 5) is 3.96. The van der Waals surface area contributed by atoms with E-state index in [1.54, 1.807) is 6.33 Å². The fraction of sp³-hybridized carbons (Fsp3) is 0.400. The minimum atomic E-state index is 1.02. The molecule has 0 aromatic carbocycles. The summed E-state index contributed by atoms with van der Waals surface area (Å²) in [6.07, 6.45) is 4.67. The summed E-state index contributed by atoms with van der Waals surface area (Å²) < 4.78 is 3.84. The first-order valence-electron chi connectivity index (χ1n) is 2.53. The molecule has 8 heavy (non-hydrogen) atoms. The van der Waals surface area contributed by atoms with Crippen LogP contribution >= 0.6 is 11.5 Å². The van der Waals surface area contributed by atoms with Crippen molar-refractivity contribution in [2.24, 2.45) is 0 Å². The molecule has 2 nitrogen and oxygen atoms in total. The van der Waals surface area contributed by atoms with Gasteiger partial charge in [-0.05, 0) is 18.0 Å². The molecule has 0 fully saturated rings. The molecular formula is C5H7N2S. The maximum absolute atomic E-state index is 3.96. The lowest BCUT2D eigenvalue weighted by molar-refractivity contribution is 1.10. The van der Waals surface area contributed by atoms with Crippen molar-refractivity contribution in [3.05, 3.63) is 17.8 Å². The van der Waals surface area contributed by atoms with Gasteiger partial charge in [0, 0.05) is 6.42 Å². The van der Waals surface area contributed by atoms with Gasteiger partial charge < -0.3 is 0 Å². The fourth-order valence-electron chi connectivity index (χ4n) is 0.446. The fourth-order valence-corrected chi connectivity index (χ4v) is 0.984. The highest BCUT2D eigenvalue weighted by Gasteiger charge is 1.91. The lowest BCUT2D eigenvalue weighted by Gasteiger charge is -1.81. The molecule has 0 aliphatic carbocycles. The van der Waals surface area contributed by atoms with Gasteiger partial charge in [0.25, 0.3) is 0 Å². The van der Waals surface area contributed by atoms with Crippen LogP contribution in [-0.2, 0) is 0 Å². The predicted molar refractivity (Wildman–Crippen MR) is 33.6 cm³/mol. The maximum atomic E-state index is 3.96. The van der Waals surface area contributed by atoms with Gasteiger partial charge >= 0.3 is 0 Å². The third-order valence-electron chi connectivity index (χ3n) is 0.757. The lowest BCUT2D eigenvalue weighted by Crippen LogP contribution is -1.73. The molecule has 0 atom stereocenters. The van der Waals surface area contributed by atoms with Gasteiger partial charge in [0.05, 0.1) is 0 Å². The Hall–Kier alpha value is -0.440. The molecule has 0 aliphatic heterocycles. The first-order chi connectivity index (χ1) is 3.93. The standard InChI is InChI=1S/C5H7N2S/c1-2-3-5-6-4-7-8-5/h3-4H,2H2,1H3. The van der Waals surface area contributed by atoms with Gasteiger partial charge in [-0.3, -0.25) is 0 Å². The predicted octanol–water partition coefficient (Wildman–Crippen LogP) is 1.50. The van der Waals surface area contributed by atoms with E-state index >= 15 is 0 Å². The lowest BCUT2D eigenvalue weighted by atomic mass is 10.4. The summed E-state index contributed by atoms with van der Waals surface area (Å²) in [5.41, 5.74) is 0. The van der Waals surface area contributed by atoms with Gasteiger partial charge in [-0.25, -0.2) is 4.98 Å². The summed E-state index contributed by atoms with van der Waals surface area (Å²) in [5, 5.41) is 1.02. The highest BCUT2D eigenvalue weighted by atomic mass is 32.1. The zero-order valence-corrected chi connectivity index (χ0v) is 5.48. The Morgan fingerprint density at radius 2 is 2.75 bits per heavy atom. The van der Waals surface area contributed by atoms with Crippen molar-refractivity contribution in [3.63, 3.8) is 0 Å². The monoisotopic (exact) mass is 127 g/mol. The molecule has 0 aliphatic rings. The third kappa shape index (κ3) is 1.26. The molecule has 0 saturated carbocycles. The summed E-state index contributed by atoms with van der Waals surface area (Å²) in [7, 11) is 0. The highest BCUT2D eigenvalue weighted by Crippen LogP contribution is 2.03. The largest absolute Gasteiger partial charge is 0.228 e. The highest BCUT2D eigenvalue weighted by molar-refractivity contribution is 7.05. The van der Waals surface area contributed by atoms with Crippen LogP contribution in [0.3, 0.4) is 0 Å². The first kappa shape index (κ1) is 5.69. The van der Waals surface area contributed by atoms with Crippen LogP contribution in [0.5, 0.6) is 0 Å². The number of aromatic nitrogens is 2. The van der Waals surface area contributed by atoms with Crippen LogP contribution in [0, 0.1) is 6.42 Å². The Morgan fingerprint density at radius 1 is 1.88 bits per heavy atom. The Balaban J connectivity index is 2.50. The molecule has 1 aromatic rings. The van der Waals surface area contributed by atoms with Crippen molar-refractivity contribution in [1.29, 1.82) is 0 Å². The van der Waals surface area contributed by atoms with E-state index in [4.69, 9.17) is 0 Å². The molecular weight excluding hydrogens is 120 g/mol. The Labute approximate surface area is 52.7 Å². The van der Waals surface area contributed by atoms with Crippen LogP contribution in [0.15, 0.2) is 6.33 Å². The van der Waals surface area contributed by atoms with Gasteiger partial charge in [-0.1, -0.05) is 6.92 Å². The maximum Gasteiger partial charge on any atom is 0.129 e. The molecule has 1 aromatic heterocycles. The van der Waals surface area contributed by atoms with Gasteiger partial charge in [0.15, 0.2) is 0 Å². The SMILES string of the molecule is CC[CH]c1ncns1. The summed E-state index contributed by atoms with van der Waals surface area (Å²) >= 11 is 1.43. The van der Waals surface area contributed by atoms with Crippen LogP contribution in [0.25, 0.3) is 0 Å². The van der Waals surface area contributed by atoms with Crippen LogP contribution < -0.4 is 0 Å². The van der Waals surface area contributed by atoms with Crippen molar-refractivity contribution >= 4 is 11.5 Å². The molecule has 3 heteroatoms. The van der Waals surface area contributed by atoms with Gasteiger partial charge in [-0.15, -0.1) is 0 Å². The second-order valence-electron chi connectivity index (χ2n) is 1.39. The van der Waals surface area contributed by atoms with Crippen molar-refractivity contribution in [2.75, 3.05) is 0 Å². The molecule has 0 N–H and O–H groups in total. The van der Waals surface area contributed by atoms with Gasteiger partial charge in [-0.2, -0.15) is 4.37 Å². The van der Waals surface area contributed by atoms with E-state index in [0.29, 0.717) is 0 Å². The molecule has 43 valence electrons. The topological polar surface area (TPSA) is 25.8 Å². The zero-order chi connectivity index (χ0) is 5.82. The Morgan fingerprint density at radius 3 is 3.25 bits per heavy atom. The quantitative estimate of drug-likeness (QED) is 0.601.